The lowest BCUT2D eigenvalue weighted by Gasteiger charge is -2.27. The minimum Gasteiger partial charge on any atom is -0.484 e. The van der Waals surface area contributed by atoms with Gasteiger partial charge >= 0.3 is 0 Å². The van der Waals surface area contributed by atoms with Gasteiger partial charge in [-0.1, -0.05) is 30.3 Å². The Balaban J connectivity index is 0.00000208. The first kappa shape index (κ1) is 18.3. The Morgan fingerprint density at radius 3 is 2.50 bits per heavy atom. The van der Waals surface area contributed by atoms with E-state index in [-0.39, 0.29) is 36.5 Å². The number of aliphatic hydroxyl groups is 1. The van der Waals surface area contributed by atoms with Crippen LogP contribution < -0.4 is 20.5 Å². The van der Waals surface area contributed by atoms with Crippen LogP contribution in [0.1, 0.15) is 6.92 Å². The van der Waals surface area contributed by atoms with E-state index in [2.05, 4.69) is 10.3 Å². The van der Waals surface area contributed by atoms with E-state index in [0.717, 1.165) is 5.69 Å². The summed E-state index contributed by atoms with van der Waals surface area (Å²) in [7, 11) is 0. The molecule has 0 saturated heterocycles. The van der Waals surface area contributed by atoms with Crippen LogP contribution in [0.4, 0.5) is 5.69 Å². The van der Waals surface area contributed by atoms with E-state index < -0.39 is 11.8 Å². The Morgan fingerprint density at radius 2 is 1.79 bits per heavy atom. The molecule has 1 heterocycles. The molecular weight excluding hydrogens is 421 g/mol. The number of nitrogens with one attached hydrogen (secondary N) is 1. The van der Waals surface area contributed by atoms with E-state index in [9.17, 15) is 5.11 Å². The number of fused-ring (bicyclic) bond motifs is 1. The Kier molecular flexibility index (Phi) is 5.89. The molecule has 6 nitrogen and oxygen atoms in total. The number of halogens is 1. The van der Waals surface area contributed by atoms with E-state index in [1.54, 1.807) is 19.1 Å². The smallest absolute Gasteiger partial charge is 0.231 e. The summed E-state index contributed by atoms with van der Waals surface area (Å²) >= 11 is 0. The third-order valence-electron chi connectivity index (χ3n) is 3.60. The molecule has 2 aromatic rings. The minimum atomic E-state index is -1.59. The van der Waals surface area contributed by atoms with Gasteiger partial charge in [-0.25, -0.2) is 4.99 Å². The Labute approximate surface area is 157 Å². The molecule has 2 unspecified atom stereocenters. The van der Waals surface area contributed by atoms with Crippen LogP contribution in [0.5, 0.6) is 11.5 Å². The van der Waals surface area contributed by atoms with Crippen LogP contribution in [-0.4, -0.2) is 29.5 Å². The fourth-order valence-electron chi connectivity index (χ4n) is 2.28. The average Bonchev–Trinajstić information content (AvgIpc) is 2.66. The van der Waals surface area contributed by atoms with Crippen LogP contribution in [0.25, 0.3) is 0 Å². The number of para-hydroxylation sites is 3. The lowest BCUT2D eigenvalue weighted by atomic mass is 10.1. The summed E-state index contributed by atoms with van der Waals surface area (Å²) in [4.78, 5) is 4.18. The zero-order valence-electron chi connectivity index (χ0n) is 13.2. The van der Waals surface area contributed by atoms with Gasteiger partial charge in [0.1, 0.15) is 12.7 Å². The molecule has 1 aliphatic heterocycles. The molecule has 0 amide bonds. The van der Waals surface area contributed by atoms with Crippen LogP contribution in [-0.2, 0) is 0 Å². The summed E-state index contributed by atoms with van der Waals surface area (Å²) in [5.41, 5.74) is 5.10. The van der Waals surface area contributed by atoms with Gasteiger partial charge in [0.05, 0.1) is 0 Å². The third kappa shape index (κ3) is 4.09. The number of rotatable bonds is 2. The maximum Gasteiger partial charge on any atom is 0.231 e. The van der Waals surface area contributed by atoms with Gasteiger partial charge in [0.15, 0.2) is 17.5 Å². The van der Waals surface area contributed by atoms with Gasteiger partial charge in [-0.2, -0.15) is 0 Å². The summed E-state index contributed by atoms with van der Waals surface area (Å²) in [6.45, 7) is 1.67. The molecule has 24 heavy (non-hydrogen) atoms. The van der Waals surface area contributed by atoms with Gasteiger partial charge in [0.25, 0.3) is 0 Å². The van der Waals surface area contributed by atoms with Crippen molar-refractivity contribution >= 4 is 35.6 Å². The summed E-state index contributed by atoms with van der Waals surface area (Å²) in [6, 6.07) is 16.6. The summed E-state index contributed by atoms with van der Waals surface area (Å²) < 4.78 is 11.4. The molecular formula is C17H20IN3O3. The zero-order chi connectivity index (χ0) is 16.3. The van der Waals surface area contributed by atoms with Crippen molar-refractivity contribution in [1.82, 2.24) is 0 Å². The number of hydrogen-bond acceptors (Lipinski definition) is 4. The number of anilines is 1. The topological polar surface area (TPSA) is 89.1 Å². The number of benzene rings is 2. The van der Waals surface area contributed by atoms with E-state index in [4.69, 9.17) is 15.2 Å². The van der Waals surface area contributed by atoms with E-state index in [0.29, 0.717) is 11.5 Å². The number of aliphatic imine (C=N–C) groups is 1. The van der Waals surface area contributed by atoms with Gasteiger partial charge in [-0.3, -0.25) is 0 Å². The summed E-state index contributed by atoms with van der Waals surface area (Å²) in [5.74, 6) is 1.23. The largest absolute Gasteiger partial charge is 0.484 e. The first-order chi connectivity index (χ1) is 11.1. The lowest BCUT2D eigenvalue weighted by molar-refractivity contribution is -0.0622. The van der Waals surface area contributed by atoms with Gasteiger partial charge in [-0.05, 0) is 31.2 Å². The quantitative estimate of drug-likeness (QED) is 0.379. The van der Waals surface area contributed by atoms with Crippen LogP contribution in [0.2, 0.25) is 0 Å². The second kappa shape index (κ2) is 7.71. The molecule has 2 atom stereocenters. The minimum absolute atomic E-state index is 0. The van der Waals surface area contributed by atoms with E-state index in [1.165, 1.54) is 0 Å². The monoisotopic (exact) mass is 441 g/mol. The number of ether oxygens (including phenoxy) is 2. The van der Waals surface area contributed by atoms with Gasteiger partial charge in [0, 0.05) is 5.69 Å². The molecule has 7 heteroatoms. The predicted molar refractivity (Wildman–Crippen MR) is 104 cm³/mol. The molecule has 128 valence electrons. The van der Waals surface area contributed by atoms with Crippen LogP contribution >= 0.6 is 24.0 Å². The predicted octanol–water partition coefficient (Wildman–Crippen LogP) is 2.58. The number of nitrogens with two attached hydrogens (primary N) is 1. The highest BCUT2D eigenvalue weighted by Gasteiger charge is 2.39. The van der Waals surface area contributed by atoms with Crippen LogP contribution in [0.15, 0.2) is 59.6 Å². The first-order valence-electron chi connectivity index (χ1n) is 7.35. The van der Waals surface area contributed by atoms with Gasteiger partial charge in [-0.15, -0.1) is 24.0 Å². The van der Waals surface area contributed by atoms with Crippen molar-refractivity contribution in [3.63, 3.8) is 0 Å². The highest BCUT2D eigenvalue weighted by atomic mass is 127. The van der Waals surface area contributed by atoms with Crippen molar-refractivity contribution in [3.05, 3.63) is 54.6 Å². The average molecular weight is 441 g/mol. The van der Waals surface area contributed by atoms with Gasteiger partial charge < -0.3 is 25.6 Å². The fourth-order valence-corrected chi connectivity index (χ4v) is 2.28. The Bertz CT molecular complexity index is 711. The van der Waals surface area contributed by atoms with Crippen LogP contribution in [0, 0.1) is 0 Å². The highest BCUT2D eigenvalue weighted by molar-refractivity contribution is 14.0. The third-order valence-corrected chi connectivity index (χ3v) is 3.60. The summed E-state index contributed by atoms with van der Waals surface area (Å²) in [5, 5.41) is 13.7. The van der Waals surface area contributed by atoms with Crippen molar-refractivity contribution in [2.75, 3.05) is 11.9 Å². The van der Waals surface area contributed by atoms with Gasteiger partial charge in [0.2, 0.25) is 5.72 Å². The van der Waals surface area contributed by atoms with E-state index >= 15 is 0 Å². The van der Waals surface area contributed by atoms with Crippen molar-refractivity contribution in [2.24, 2.45) is 10.7 Å². The van der Waals surface area contributed by atoms with Crippen LogP contribution in [0.3, 0.4) is 0 Å². The Morgan fingerprint density at radius 1 is 1.17 bits per heavy atom. The lowest BCUT2D eigenvalue weighted by Crippen LogP contribution is -2.48. The molecule has 3 rings (SSSR count). The number of nitrogens with zero attached hydrogens (tertiary/aromatic N) is 1. The standard InChI is InChI=1S/C17H19N3O3.HI/c1-12-17(21,11-22-14-9-5-6-10-15(14)23-12)20-16(18)19-13-7-3-2-4-8-13;/h2-10,12,21H,11H2,1H3,(H3,18,19,20);1H. The SMILES string of the molecule is CC1Oc2ccccc2OCC1(O)N=C(N)Nc1ccccc1.I. The van der Waals surface area contributed by atoms with Crippen molar-refractivity contribution in [3.8, 4) is 11.5 Å². The molecule has 0 radical (unpaired) electrons. The highest BCUT2D eigenvalue weighted by Crippen LogP contribution is 2.33. The summed E-state index contributed by atoms with van der Waals surface area (Å²) in [6.07, 6.45) is -0.623. The molecule has 2 aromatic carbocycles. The molecule has 0 fully saturated rings. The maximum atomic E-state index is 10.8. The second-order valence-electron chi connectivity index (χ2n) is 5.36. The molecule has 0 saturated carbocycles. The van der Waals surface area contributed by atoms with Crippen molar-refractivity contribution in [1.29, 1.82) is 0 Å². The normalized spacial score (nSPS) is 22.9. The fraction of sp³-hybridized carbons (Fsp3) is 0.235. The zero-order valence-corrected chi connectivity index (χ0v) is 15.5. The number of guanidine groups is 1. The van der Waals surface area contributed by atoms with Crippen molar-refractivity contribution in [2.45, 2.75) is 18.8 Å². The number of hydrogen-bond donors (Lipinski definition) is 3. The molecule has 0 spiro atoms. The molecule has 0 aliphatic carbocycles. The van der Waals surface area contributed by atoms with Crippen molar-refractivity contribution < 1.29 is 14.6 Å². The van der Waals surface area contributed by atoms with E-state index in [1.807, 2.05) is 42.5 Å². The molecule has 4 N–H and O–H groups in total. The molecule has 1 aliphatic rings. The maximum absolute atomic E-state index is 10.8. The first-order valence-corrected chi connectivity index (χ1v) is 7.35. The molecule has 0 aromatic heterocycles. The molecule has 0 bridgehead atoms. The second-order valence-corrected chi connectivity index (χ2v) is 5.36. The Hall–Kier alpha value is -2.00.